The quantitative estimate of drug-likeness (QED) is 0.0505. The van der Waals surface area contributed by atoms with Gasteiger partial charge in [-0.05, 0) is 153 Å². The fraction of sp³-hybridized carbons (Fsp3) is 0.333. The summed E-state index contributed by atoms with van der Waals surface area (Å²) in [6, 6.07) is 47.3. The zero-order valence-corrected chi connectivity index (χ0v) is 53.9. The van der Waals surface area contributed by atoms with Gasteiger partial charge in [0.05, 0.1) is 28.1 Å². The van der Waals surface area contributed by atoms with Crippen molar-refractivity contribution in [2.45, 2.75) is 129 Å². The molecule has 4 N–H and O–H groups in total. The maximum absolute atomic E-state index is 14.6. The molecule has 7 aromatic carbocycles. The van der Waals surface area contributed by atoms with Crippen LogP contribution in [0.5, 0.6) is 11.5 Å². The van der Waals surface area contributed by atoms with Crippen molar-refractivity contribution >= 4 is 36.5 Å². The van der Waals surface area contributed by atoms with Gasteiger partial charge in [-0.3, -0.25) is 18.7 Å². The predicted octanol–water partition coefficient (Wildman–Crippen LogP) is 16.5. The van der Waals surface area contributed by atoms with Crippen LogP contribution in [0.4, 0.5) is 11.4 Å². The molecule has 0 spiro atoms. The first-order valence-electron chi connectivity index (χ1n) is 31.6. The fourth-order valence-corrected chi connectivity index (χ4v) is 14.2. The topological polar surface area (TPSA) is 174 Å². The number of imidazole rings is 2. The number of carbonyl (C=O) groups is 2. The minimum atomic E-state index is -4.53. The molecule has 2 fully saturated rings. The molecule has 2 aliphatic rings. The summed E-state index contributed by atoms with van der Waals surface area (Å²) in [5.74, 6) is 1.64. The highest BCUT2D eigenvalue weighted by Crippen LogP contribution is 2.52. The minimum absolute atomic E-state index is 0.0724. The van der Waals surface area contributed by atoms with Crippen LogP contribution in [0.1, 0.15) is 149 Å². The largest absolute Gasteiger partial charge is 0.507 e. The van der Waals surface area contributed by atoms with Gasteiger partial charge in [-0.25, -0.2) is 9.97 Å². The second-order valence-corrected chi connectivity index (χ2v) is 26.4. The van der Waals surface area contributed by atoms with E-state index < -0.39 is 7.60 Å². The molecule has 2 saturated carbocycles. The second-order valence-electron chi connectivity index (χ2n) is 24.8. The summed E-state index contributed by atoms with van der Waals surface area (Å²) in [6.45, 7) is 14.9. The monoisotopic (exact) mass is 1210 g/mol. The van der Waals surface area contributed by atoms with Gasteiger partial charge in [0.2, 0.25) is 0 Å². The van der Waals surface area contributed by atoms with Crippen LogP contribution in [0.25, 0.3) is 67.5 Å². The van der Waals surface area contributed by atoms with E-state index in [1.165, 1.54) is 50.7 Å². The predicted molar refractivity (Wildman–Crippen MR) is 362 cm³/mol. The first-order chi connectivity index (χ1) is 42.7. The van der Waals surface area contributed by atoms with Crippen LogP contribution in [0, 0.1) is 0 Å². The van der Waals surface area contributed by atoms with E-state index >= 15 is 0 Å². The van der Waals surface area contributed by atoms with Gasteiger partial charge in [-0.1, -0.05) is 139 Å². The van der Waals surface area contributed by atoms with E-state index in [2.05, 4.69) is 112 Å². The number of hydrogen-bond donors (Lipinski definition) is 4. The van der Waals surface area contributed by atoms with Crippen LogP contribution >= 0.6 is 7.60 Å². The van der Waals surface area contributed by atoms with Gasteiger partial charge >= 0.3 is 7.60 Å². The average molecular weight is 1210 g/mol. The summed E-state index contributed by atoms with van der Waals surface area (Å²) in [6.07, 6.45) is 13.5. The molecule has 9 aromatic rings. The van der Waals surface area contributed by atoms with Gasteiger partial charge < -0.3 is 34.4 Å². The molecular formula is C75H85N6O7P. The normalized spacial score (nSPS) is 14.6. The van der Waals surface area contributed by atoms with Crippen molar-refractivity contribution in [2.75, 3.05) is 37.0 Å². The van der Waals surface area contributed by atoms with Crippen molar-refractivity contribution in [1.82, 2.24) is 19.1 Å². The van der Waals surface area contributed by atoms with E-state index in [1.807, 2.05) is 66.7 Å². The zero-order valence-electron chi connectivity index (χ0n) is 53.1. The van der Waals surface area contributed by atoms with Crippen LogP contribution < -0.4 is 15.1 Å². The summed E-state index contributed by atoms with van der Waals surface area (Å²) < 4.78 is 16.0. The molecule has 462 valence electrons. The van der Waals surface area contributed by atoms with Crippen molar-refractivity contribution in [3.63, 3.8) is 0 Å². The summed E-state index contributed by atoms with van der Waals surface area (Å²) >= 11 is 0. The van der Waals surface area contributed by atoms with Gasteiger partial charge in [0.1, 0.15) is 29.4 Å². The Labute approximate surface area is 524 Å². The van der Waals surface area contributed by atoms with Crippen LogP contribution in [0.15, 0.2) is 152 Å². The summed E-state index contributed by atoms with van der Waals surface area (Å²) in [5.41, 5.74) is 14.4. The fourth-order valence-electron chi connectivity index (χ4n) is 13.6. The molecular weight excluding hydrogens is 1130 g/mol. The van der Waals surface area contributed by atoms with Crippen LogP contribution in [0.2, 0.25) is 0 Å². The number of aldehydes is 1. The van der Waals surface area contributed by atoms with Gasteiger partial charge in [0.15, 0.2) is 0 Å². The standard InChI is InChI=1S/C40H49N3O2.C35H36N3O5P/c1-6-34-35(28-18-20-31(21-19-28)42(4)5)43(38(45)29-16-10-7-11-17-29)37(41-34)30-26-32(39(2)22-12-8-13-23-39)36(44)33(27-30)40(3)24-14-9-15-25-40;1-5-32-33(24-14-16-28(17-15-24)38(6-2)7-3)37(4)35(36-32)27-20-30(25-11-8-10-23(18-25)22-39)34(40)31(21-27)26-12-9-13-29(19-26)44(41,42)43/h7,10-11,16-21,26-27,44H,6,8-9,12-15,22-25H2,1-5H3;8-22,40H,5-7H2,1-4H3,(H2,41,42,43). The van der Waals surface area contributed by atoms with E-state index in [4.69, 9.17) is 9.97 Å². The molecule has 0 bridgehead atoms. The Hall–Kier alpha value is -8.35. The highest BCUT2D eigenvalue weighted by Gasteiger charge is 2.39. The Bertz CT molecular complexity index is 4010. The number of aryl methyl sites for hydroxylation is 2. The highest BCUT2D eigenvalue weighted by molar-refractivity contribution is 7.60. The van der Waals surface area contributed by atoms with E-state index in [1.54, 1.807) is 42.5 Å². The van der Waals surface area contributed by atoms with Crippen molar-refractivity contribution < 1.29 is 34.2 Å². The maximum atomic E-state index is 14.6. The summed E-state index contributed by atoms with van der Waals surface area (Å²) in [4.78, 5) is 60.5. The molecule has 13 nitrogen and oxygen atoms in total. The number of phenolic OH excluding ortho intramolecular Hbond substituents is 2. The highest BCUT2D eigenvalue weighted by atomic mass is 31.2. The van der Waals surface area contributed by atoms with Crippen molar-refractivity contribution in [3.8, 4) is 79.0 Å². The van der Waals surface area contributed by atoms with E-state index in [0.29, 0.717) is 69.2 Å². The first kappa shape index (κ1) is 63.7. The van der Waals surface area contributed by atoms with E-state index in [0.717, 1.165) is 107 Å². The Morgan fingerprint density at radius 2 is 1.06 bits per heavy atom. The number of aromatic nitrogens is 4. The number of hydrogen-bond acceptors (Lipinski definition) is 9. The maximum Gasteiger partial charge on any atom is 0.356 e. The molecule has 11 rings (SSSR count). The van der Waals surface area contributed by atoms with Gasteiger partial charge in [-0.2, -0.15) is 0 Å². The molecule has 0 aliphatic heterocycles. The second kappa shape index (κ2) is 26.8. The number of anilines is 2. The Morgan fingerprint density at radius 3 is 1.57 bits per heavy atom. The lowest BCUT2D eigenvalue weighted by Crippen LogP contribution is -2.29. The lowest BCUT2D eigenvalue weighted by molar-refractivity contribution is 0.0963. The third-order valence-electron chi connectivity index (χ3n) is 18.7. The average Bonchev–Trinajstić information content (AvgIpc) is 1.76. The summed E-state index contributed by atoms with van der Waals surface area (Å²) in [5, 5.41) is 23.5. The van der Waals surface area contributed by atoms with Gasteiger partial charge in [-0.15, -0.1) is 0 Å². The van der Waals surface area contributed by atoms with Crippen molar-refractivity contribution in [2.24, 2.45) is 7.05 Å². The molecule has 0 amide bonds. The lowest BCUT2D eigenvalue weighted by atomic mass is 9.66. The zero-order chi connectivity index (χ0) is 63.4. The molecule has 0 unspecified atom stereocenters. The Morgan fingerprint density at radius 1 is 0.562 bits per heavy atom. The molecule has 0 atom stereocenters. The Kier molecular flexibility index (Phi) is 19.2. The number of carbonyl (C=O) groups excluding carboxylic acids is 2. The number of benzene rings is 7. The molecule has 14 heteroatoms. The lowest BCUT2D eigenvalue weighted by Gasteiger charge is -2.39. The molecule has 89 heavy (non-hydrogen) atoms. The summed E-state index contributed by atoms with van der Waals surface area (Å²) in [7, 11) is 1.50. The number of aromatic hydroxyl groups is 2. The smallest absolute Gasteiger partial charge is 0.356 e. The van der Waals surface area contributed by atoms with Crippen molar-refractivity contribution in [3.05, 3.63) is 185 Å². The Balaban J connectivity index is 0.000000196. The SMILES string of the molecule is CCc1nc(-c2cc(-c3cccc(C=O)c3)c(O)c(-c3cccc(P(=O)(O)O)c3)c2)n(C)c1-c1ccc(N(CC)CC)cc1.CCc1nc(-c2cc(C3(C)CCCCC3)c(O)c(C3(C)CCCCC3)c2)n(C(=O)c2ccccc2)c1-c1ccc(N(C)C)cc1. The van der Waals surface area contributed by atoms with Gasteiger partial charge in [0, 0.05) is 101 Å². The van der Waals surface area contributed by atoms with Crippen LogP contribution in [-0.2, 0) is 35.3 Å². The number of phenols is 2. The number of nitrogens with zero attached hydrogens (tertiary/aromatic N) is 6. The number of rotatable bonds is 17. The minimum Gasteiger partial charge on any atom is -0.507 e. The third-order valence-corrected chi connectivity index (χ3v) is 19.7. The molecule has 0 radical (unpaired) electrons. The molecule has 2 aromatic heterocycles. The first-order valence-corrected chi connectivity index (χ1v) is 33.2. The van der Waals surface area contributed by atoms with Crippen molar-refractivity contribution in [1.29, 1.82) is 0 Å². The van der Waals surface area contributed by atoms with E-state index in [-0.39, 0.29) is 27.8 Å². The van der Waals surface area contributed by atoms with E-state index in [9.17, 15) is 34.2 Å². The van der Waals surface area contributed by atoms with Crippen LogP contribution in [-0.4, -0.2) is 78.5 Å². The molecule has 2 heterocycles. The molecule has 0 saturated heterocycles. The van der Waals surface area contributed by atoms with Gasteiger partial charge in [0.25, 0.3) is 5.91 Å². The third kappa shape index (κ3) is 13.1. The van der Waals surface area contributed by atoms with Crippen LogP contribution in [0.3, 0.4) is 0 Å². The molecule has 2 aliphatic carbocycles.